The van der Waals surface area contributed by atoms with Crippen LogP contribution in [0.2, 0.25) is 0 Å². The van der Waals surface area contributed by atoms with Gasteiger partial charge in [0.1, 0.15) is 0 Å². The molecule has 16 heavy (non-hydrogen) atoms. The zero-order valence-electron chi connectivity index (χ0n) is 10.8. The van der Waals surface area contributed by atoms with Gasteiger partial charge in [-0.1, -0.05) is 6.42 Å². The van der Waals surface area contributed by atoms with E-state index in [0.717, 1.165) is 19.4 Å². The Morgan fingerprint density at radius 3 is 2.88 bits per heavy atom. The van der Waals surface area contributed by atoms with Crippen LogP contribution in [0.3, 0.4) is 0 Å². The Morgan fingerprint density at radius 1 is 1.38 bits per heavy atom. The molecule has 0 radical (unpaired) electrons. The summed E-state index contributed by atoms with van der Waals surface area (Å²) in [4.78, 5) is 2.56. The minimum atomic E-state index is -0.162. The number of likely N-dealkylation sites (tertiary alicyclic amines) is 1. The minimum Gasteiger partial charge on any atom is -0.393 e. The van der Waals surface area contributed by atoms with E-state index in [-0.39, 0.29) is 6.10 Å². The van der Waals surface area contributed by atoms with Crippen molar-refractivity contribution in [1.82, 2.24) is 4.90 Å². The smallest absolute Gasteiger partial charge is 0.0527 e. The fourth-order valence-electron chi connectivity index (χ4n) is 2.58. The molecule has 0 amide bonds. The Labute approximate surface area is 99.8 Å². The number of unbranched alkanes of at least 4 members (excludes halogenated alkanes) is 1. The Bertz CT molecular complexity index is 173. The first-order chi connectivity index (χ1) is 7.74. The van der Waals surface area contributed by atoms with Crippen molar-refractivity contribution >= 4 is 0 Å². The van der Waals surface area contributed by atoms with E-state index in [1.54, 1.807) is 7.11 Å². The van der Waals surface area contributed by atoms with Gasteiger partial charge in [-0.05, 0) is 52.1 Å². The number of aliphatic hydroxyl groups is 1. The molecule has 3 heteroatoms. The van der Waals surface area contributed by atoms with Gasteiger partial charge in [0.25, 0.3) is 0 Å². The molecule has 2 atom stereocenters. The molecule has 1 saturated heterocycles. The van der Waals surface area contributed by atoms with Crippen LogP contribution in [-0.2, 0) is 4.74 Å². The van der Waals surface area contributed by atoms with E-state index in [1.807, 2.05) is 6.92 Å². The van der Waals surface area contributed by atoms with Crippen LogP contribution >= 0.6 is 0 Å². The average Bonchev–Trinajstić information content (AvgIpc) is 2.26. The molecule has 1 N–H and O–H groups in total. The van der Waals surface area contributed by atoms with E-state index in [0.29, 0.717) is 6.04 Å². The summed E-state index contributed by atoms with van der Waals surface area (Å²) < 4.78 is 5.06. The van der Waals surface area contributed by atoms with Gasteiger partial charge in [0, 0.05) is 19.8 Å². The molecule has 0 aromatic carbocycles. The highest BCUT2D eigenvalue weighted by atomic mass is 16.5. The molecule has 0 bridgehead atoms. The van der Waals surface area contributed by atoms with Crippen molar-refractivity contribution < 1.29 is 9.84 Å². The van der Waals surface area contributed by atoms with Crippen molar-refractivity contribution in [2.75, 3.05) is 26.8 Å². The van der Waals surface area contributed by atoms with Crippen LogP contribution in [0.4, 0.5) is 0 Å². The lowest BCUT2D eigenvalue weighted by molar-refractivity contribution is 0.0833. The second kappa shape index (κ2) is 8.04. The van der Waals surface area contributed by atoms with Crippen LogP contribution in [0.5, 0.6) is 0 Å². The Hall–Kier alpha value is -0.120. The zero-order chi connectivity index (χ0) is 11.8. The number of nitrogens with zero attached hydrogens (tertiary/aromatic N) is 1. The Balaban J connectivity index is 2.23. The molecule has 1 fully saturated rings. The van der Waals surface area contributed by atoms with Gasteiger partial charge in [-0.15, -0.1) is 0 Å². The molecule has 0 saturated carbocycles. The van der Waals surface area contributed by atoms with Gasteiger partial charge >= 0.3 is 0 Å². The van der Waals surface area contributed by atoms with Crippen LogP contribution in [0, 0.1) is 0 Å². The number of piperidine rings is 1. The number of hydrogen-bond donors (Lipinski definition) is 1. The normalized spacial score (nSPS) is 24.6. The largest absolute Gasteiger partial charge is 0.393 e. The summed E-state index contributed by atoms with van der Waals surface area (Å²) in [7, 11) is 1.76. The van der Waals surface area contributed by atoms with Crippen molar-refractivity contribution in [2.45, 2.75) is 57.6 Å². The van der Waals surface area contributed by atoms with Crippen LogP contribution in [0.1, 0.15) is 45.4 Å². The van der Waals surface area contributed by atoms with Crippen molar-refractivity contribution in [1.29, 1.82) is 0 Å². The lowest BCUT2D eigenvalue weighted by Crippen LogP contribution is -2.41. The minimum absolute atomic E-state index is 0.162. The molecule has 1 heterocycles. The van der Waals surface area contributed by atoms with Crippen LogP contribution < -0.4 is 0 Å². The highest BCUT2D eigenvalue weighted by molar-refractivity contribution is 4.78. The molecule has 3 nitrogen and oxygen atoms in total. The standard InChI is InChI=1S/C13H27NO2/c1-12(15)11-13-7-3-4-8-14(13)9-5-6-10-16-2/h12-13,15H,3-11H2,1-2H3. The first-order valence-corrected chi connectivity index (χ1v) is 6.65. The molecule has 1 aliphatic heterocycles. The number of rotatable bonds is 7. The fourth-order valence-corrected chi connectivity index (χ4v) is 2.58. The third-order valence-electron chi connectivity index (χ3n) is 3.41. The van der Waals surface area contributed by atoms with Crippen LogP contribution in [0.15, 0.2) is 0 Å². The van der Waals surface area contributed by atoms with Crippen molar-refractivity contribution in [3.8, 4) is 0 Å². The fraction of sp³-hybridized carbons (Fsp3) is 1.00. The van der Waals surface area contributed by atoms with E-state index in [4.69, 9.17) is 4.74 Å². The van der Waals surface area contributed by atoms with Gasteiger partial charge in [-0.25, -0.2) is 0 Å². The number of methoxy groups -OCH3 is 1. The summed E-state index contributed by atoms with van der Waals surface area (Å²) in [5.41, 5.74) is 0. The number of hydrogen-bond acceptors (Lipinski definition) is 3. The average molecular weight is 229 g/mol. The highest BCUT2D eigenvalue weighted by Crippen LogP contribution is 2.21. The Morgan fingerprint density at radius 2 is 2.19 bits per heavy atom. The van der Waals surface area contributed by atoms with Crippen molar-refractivity contribution in [3.63, 3.8) is 0 Å². The summed E-state index contributed by atoms with van der Waals surface area (Å²) in [6, 6.07) is 0.608. The molecule has 1 aliphatic rings. The van der Waals surface area contributed by atoms with E-state index in [1.165, 1.54) is 38.8 Å². The summed E-state index contributed by atoms with van der Waals surface area (Å²) in [5.74, 6) is 0. The SMILES string of the molecule is COCCCCN1CCCCC1CC(C)O. The first kappa shape index (κ1) is 13.9. The summed E-state index contributed by atoms with van der Waals surface area (Å²) in [6.45, 7) is 5.15. The maximum atomic E-state index is 9.49. The Kier molecular flexibility index (Phi) is 7.01. The molecule has 2 unspecified atom stereocenters. The second-order valence-corrected chi connectivity index (χ2v) is 4.97. The predicted octanol–water partition coefficient (Wildman–Crippen LogP) is 2.04. The summed E-state index contributed by atoms with van der Waals surface area (Å²) in [6.07, 6.45) is 7.04. The van der Waals surface area contributed by atoms with E-state index in [2.05, 4.69) is 4.90 Å². The van der Waals surface area contributed by atoms with E-state index >= 15 is 0 Å². The quantitative estimate of drug-likeness (QED) is 0.678. The molecule has 0 spiro atoms. The predicted molar refractivity (Wildman–Crippen MR) is 66.6 cm³/mol. The molecular weight excluding hydrogens is 202 g/mol. The van der Waals surface area contributed by atoms with Gasteiger partial charge < -0.3 is 14.7 Å². The zero-order valence-corrected chi connectivity index (χ0v) is 10.8. The molecule has 0 aromatic rings. The summed E-state index contributed by atoms with van der Waals surface area (Å²) in [5, 5.41) is 9.49. The highest BCUT2D eigenvalue weighted by Gasteiger charge is 2.22. The maximum Gasteiger partial charge on any atom is 0.0527 e. The third kappa shape index (κ3) is 5.28. The molecule has 1 rings (SSSR count). The summed E-state index contributed by atoms with van der Waals surface area (Å²) >= 11 is 0. The van der Waals surface area contributed by atoms with Crippen LogP contribution in [0.25, 0.3) is 0 Å². The van der Waals surface area contributed by atoms with Gasteiger partial charge in [-0.2, -0.15) is 0 Å². The van der Waals surface area contributed by atoms with E-state index < -0.39 is 0 Å². The lowest BCUT2D eigenvalue weighted by atomic mass is 9.97. The number of aliphatic hydroxyl groups excluding tert-OH is 1. The van der Waals surface area contributed by atoms with Crippen molar-refractivity contribution in [2.24, 2.45) is 0 Å². The lowest BCUT2D eigenvalue weighted by Gasteiger charge is -2.36. The second-order valence-electron chi connectivity index (χ2n) is 4.97. The third-order valence-corrected chi connectivity index (χ3v) is 3.41. The molecular formula is C13H27NO2. The van der Waals surface area contributed by atoms with E-state index in [9.17, 15) is 5.11 Å². The van der Waals surface area contributed by atoms with Gasteiger partial charge in [-0.3, -0.25) is 0 Å². The molecule has 96 valence electrons. The topological polar surface area (TPSA) is 32.7 Å². The number of ether oxygens (including phenoxy) is 1. The van der Waals surface area contributed by atoms with Gasteiger partial charge in [0.05, 0.1) is 6.10 Å². The van der Waals surface area contributed by atoms with Crippen molar-refractivity contribution in [3.05, 3.63) is 0 Å². The van der Waals surface area contributed by atoms with Gasteiger partial charge in [0.15, 0.2) is 0 Å². The van der Waals surface area contributed by atoms with Gasteiger partial charge in [0.2, 0.25) is 0 Å². The first-order valence-electron chi connectivity index (χ1n) is 6.65. The molecule has 0 aromatic heterocycles. The molecule has 0 aliphatic carbocycles. The monoisotopic (exact) mass is 229 g/mol. The maximum absolute atomic E-state index is 9.49. The van der Waals surface area contributed by atoms with Crippen LogP contribution in [-0.4, -0.2) is 49.0 Å².